The van der Waals surface area contributed by atoms with Crippen LogP contribution in [0.4, 0.5) is 10.5 Å². The lowest BCUT2D eigenvalue weighted by Crippen LogP contribution is -2.45. The highest BCUT2D eigenvalue weighted by atomic mass is 16.6. The minimum Gasteiger partial charge on any atom is -0.486 e. The fourth-order valence-corrected chi connectivity index (χ4v) is 4.23. The molecule has 2 aliphatic rings. The van der Waals surface area contributed by atoms with Crippen LogP contribution in [0.1, 0.15) is 38.3 Å². The number of para-hydroxylation sites is 1. The van der Waals surface area contributed by atoms with Crippen LogP contribution in [0.2, 0.25) is 0 Å². The van der Waals surface area contributed by atoms with Crippen molar-refractivity contribution in [1.29, 1.82) is 0 Å². The van der Waals surface area contributed by atoms with Gasteiger partial charge in [-0.3, -0.25) is 4.79 Å². The quantitative estimate of drug-likeness (QED) is 0.734. The van der Waals surface area contributed by atoms with E-state index in [0.717, 1.165) is 22.7 Å². The first-order chi connectivity index (χ1) is 15.5. The topological polar surface area (TPSA) is 79.9 Å². The summed E-state index contributed by atoms with van der Waals surface area (Å²) in [6.45, 7) is 6.40. The third-order valence-electron chi connectivity index (χ3n) is 6.07. The van der Waals surface area contributed by atoms with Crippen LogP contribution < -0.4 is 20.1 Å². The molecule has 1 fully saturated rings. The molecule has 0 aromatic heterocycles. The zero-order valence-electron chi connectivity index (χ0n) is 18.7. The average Bonchev–Trinajstić information content (AvgIpc) is 2.82. The molecule has 2 aromatic rings. The first kappa shape index (κ1) is 22.0. The number of piperidine rings is 1. The fourth-order valence-electron chi connectivity index (χ4n) is 4.23. The molecule has 170 valence electrons. The molecule has 4 rings (SSSR count). The van der Waals surface area contributed by atoms with Crippen LogP contribution in [0.15, 0.2) is 48.5 Å². The van der Waals surface area contributed by atoms with Gasteiger partial charge in [0.15, 0.2) is 11.5 Å². The van der Waals surface area contributed by atoms with Gasteiger partial charge in [0, 0.05) is 24.7 Å². The number of benzene rings is 2. The SMILES string of the molecule is CC(C)C(NC(=O)C1CCN(C(=O)Nc2ccccc2)CC1)c1ccc2c(c1)OCCO2. The Morgan fingerprint density at radius 1 is 0.969 bits per heavy atom. The number of likely N-dealkylation sites (tertiary alicyclic amines) is 1. The van der Waals surface area contributed by atoms with E-state index in [1.807, 2.05) is 48.5 Å². The summed E-state index contributed by atoms with van der Waals surface area (Å²) in [5, 5.41) is 6.15. The Labute approximate surface area is 189 Å². The Bertz CT molecular complexity index is 939. The Morgan fingerprint density at radius 2 is 1.66 bits per heavy atom. The summed E-state index contributed by atoms with van der Waals surface area (Å²) in [4.78, 5) is 27.3. The number of hydrogen-bond donors (Lipinski definition) is 2. The lowest BCUT2D eigenvalue weighted by Gasteiger charge is -2.33. The van der Waals surface area contributed by atoms with Gasteiger partial charge in [-0.25, -0.2) is 4.79 Å². The van der Waals surface area contributed by atoms with Gasteiger partial charge in [0.25, 0.3) is 0 Å². The third kappa shape index (κ3) is 5.15. The normalized spacial score (nSPS) is 17.0. The number of nitrogens with one attached hydrogen (secondary N) is 2. The zero-order valence-corrected chi connectivity index (χ0v) is 18.7. The summed E-state index contributed by atoms with van der Waals surface area (Å²) in [6.07, 6.45) is 1.31. The summed E-state index contributed by atoms with van der Waals surface area (Å²) >= 11 is 0. The van der Waals surface area contributed by atoms with Crippen LogP contribution in [0.3, 0.4) is 0 Å². The van der Waals surface area contributed by atoms with Crippen molar-refractivity contribution in [2.24, 2.45) is 11.8 Å². The van der Waals surface area contributed by atoms with Gasteiger partial charge < -0.3 is 25.0 Å². The fraction of sp³-hybridized carbons (Fsp3) is 0.440. The van der Waals surface area contributed by atoms with Crippen molar-refractivity contribution in [1.82, 2.24) is 10.2 Å². The van der Waals surface area contributed by atoms with Gasteiger partial charge in [0.1, 0.15) is 13.2 Å². The van der Waals surface area contributed by atoms with E-state index >= 15 is 0 Å². The number of fused-ring (bicyclic) bond motifs is 1. The van der Waals surface area contributed by atoms with Crippen LogP contribution in [-0.4, -0.2) is 43.1 Å². The molecular weight excluding hydrogens is 406 g/mol. The molecule has 2 N–H and O–H groups in total. The van der Waals surface area contributed by atoms with E-state index in [1.165, 1.54) is 0 Å². The molecule has 0 spiro atoms. The molecule has 0 bridgehead atoms. The first-order valence-electron chi connectivity index (χ1n) is 11.3. The van der Waals surface area contributed by atoms with Gasteiger partial charge in [-0.05, 0) is 48.6 Å². The van der Waals surface area contributed by atoms with Gasteiger partial charge in [0.2, 0.25) is 5.91 Å². The van der Waals surface area contributed by atoms with Crippen LogP contribution in [0.25, 0.3) is 0 Å². The molecular formula is C25H31N3O4. The molecule has 7 nitrogen and oxygen atoms in total. The highest BCUT2D eigenvalue weighted by Gasteiger charge is 2.30. The Morgan fingerprint density at radius 3 is 2.34 bits per heavy atom. The molecule has 0 radical (unpaired) electrons. The summed E-state index contributed by atoms with van der Waals surface area (Å²) in [5.41, 5.74) is 1.79. The molecule has 2 heterocycles. The number of nitrogens with zero attached hydrogens (tertiary/aromatic N) is 1. The van der Waals surface area contributed by atoms with E-state index in [4.69, 9.17) is 9.47 Å². The van der Waals surface area contributed by atoms with Crippen molar-refractivity contribution in [3.8, 4) is 11.5 Å². The number of rotatable bonds is 5. The number of amides is 3. The van der Waals surface area contributed by atoms with Gasteiger partial charge in [-0.2, -0.15) is 0 Å². The molecule has 3 amide bonds. The van der Waals surface area contributed by atoms with Crippen molar-refractivity contribution in [2.45, 2.75) is 32.7 Å². The van der Waals surface area contributed by atoms with Crippen LogP contribution >= 0.6 is 0 Å². The molecule has 1 atom stereocenters. The summed E-state index contributed by atoms with van der Waals surface area (Å²) in [7, 11) is 0. The number of anilines is 1. The maximum Gasteiger partial charge on any atom is 0.321 e. The first-order valence-corrected chi connectivity index (χ1v) is 11.3. The number of urea groups is 1. The molecule has 2 aliphatic heterocycles. The summed E-state index contributed by atoms with van der Waals surface area (Å²) in [5.74, 6) is 1.63. The van der Waals surface area contributed by atoms with Gasteiger partial charge in [-0.15, -0.1) is 0 Å². The molecule has 1 saturated heterocycles. The number of carbonyl (C=O) groups is 2. The smallest absolute Gasteiger partial charge is 0.321 e. The molecule has 2 aromatic carbocycles. The number of hydrogen-bond acceptors (Lipinski definition) is 4. The summed E-state index contributed by atoms with van der Waals surface area (Å²) < 4.78 is 11.3. The number of ether oxygens (including phenoxy) is 2. The molecule has 0 saturated carbocycles. The minimum absolute atomic E-state index is 0.0432. The maximum absolute atomic E-state index is 13.1. The standard InChI is InChI=1S/C25H31N3O4/c1-17(2)23(19-8-9-21-22(16-19)32-15-14-31-21)27-24(29)18-10-12-28(13-11-18)25(30)26-20-6-4-3-5-7-20/h3-9,16-18,23H,10-15H2,1-2H3,(H,26,30)(H,27,29). The van der Waals surface area contributed by atoms with Crippen molar-refractivity contribution >= 4 is 17.6 Å². The van der Waals surface area contributed by atoms with E-state index in [0.29, 0.717) is 39.1 Å². The molecule has 32 heavy (non-hydrogen) atoms. The van der Waals surface area contributed by atoms with E-state index in [1.54, 1.807) is 4.90 Å². The van der Waals surface area contributed by atoms with Gasteiger partial charge in [-0.1, -0.05) is 38.1 Å². The second-order valence-corrected chi connectivity index (χ2v) is 8.69. The third-order valence-corrected chi connectivity index (χ3v) is 6.07. The van der Waals surface area contributed by atoms with E-state index in [9.17, 15) is 9.59 Å². The minimum atomic E-state index is -0.119. The van der Waals surface area contributed by atoms with Gasteiger partial charge >= 0.3 is 6.03 Å². The Balaban J connectivity index is 1.33. The van der Waals surface area contributed by atoms with E-state index in [2.05, 4.69) is 24.5 Å². The lowest BCUT2D eigenvalue weighted by molar-refractivity contribution is -0.127. The zero-order chi connectivity index (χ0) is 22.5. The Hall–Kier alpha value is -3.22. The lowest BCUT2D eigenvalue weighted by atomic mass is 9.92. The largest absolute Gasteiger partial charge is 0.486 e. The predicted molar refractivity (Wildman–Crippen MR) is 123 cm³/mol. The van der Waals surface area contributed by atoms with Gasteiger partial charge in [0.05, 0.1) is 6.04 Å². The predicted octanol–water partition coefficient (Wildman–Crippen LogP) is 4.22. The second kappa shape index (κ2) is 9.94. The van der Waals surface area contributed by atoms with E-state index in [-0.39, 0.29) is 29.8 Å². The maximum atomic E-state index is 13.1. The van der Waals surface area contributed by atoms with Crippen LogP contribution in [-0.2, 0) is 4.79 Å². The average molecular weight is 438 g/mol. The molecule has 1 unspecified atom stereocenters. The summed E-state index contributed by atoms with van der Waals surface area (Å²) in [6, 6.07) is 15.1. The highest BCUT2D eigenvalue weighted by Crippen LogP contribution is 2.34. The van der Waals surface area contributed by atoms with Crippen molar-refractivity contribution in [3.63, 3.8) is 0 Å². The number of carbonyl (C=O) groups excluding carboxylic acids is 2. The van der Waals surface area contributed by atoms with Crippen molar-refractivity contribution in [3.05, 3.63) is 54.1 Å². The van der Waals surface area contributed by atoms with Crippen LogP contribution in [0.5, 0.6) is 11.5 Å². The Kier molecular flexibility index (Phi) is 6.83. The molecule has 0 aliphatic carbocycles. The van der Waals surface area contributed by atoms with Crippen LogP contribution in [0, 0.1) is 11.8 Å². The highest BCUT2D eigenvalue weighted by molar-refractivity contribution is 5.89. The van der Waals surface area contributed by atoms with E-state index < -0.39 is 0 Å². The second-order valence-electron chi connectivity index (χ2n) is 8.69. The monoisotopic (exact) mass is 437 g/mol. The van der Waals surface area contributed by atoms with Crippen molar-refractivity contribution in [2.75, 3.05) is 31.6 Å². The molecule has 7 heteroatoms. The van der Waals surface area contributed by atoms with Crippen molar-refractivity contribution < 1.29 is 19.1 Å².